The number of nitriles is 1. The molecule has 1 aliphatic heterocycles. The van der Waals surface area contributed by atoms with Crippen molar-refractivity contribution in [3.05, 3.63) is 53.1 Å². The van der Waals surface area contributed by atoms with E-state index in [2.05, 4.69) is 0 Å². The van der Waals surface area contributed by atoms with Crippen molar-refractivity contribution in [3.63, 3.8) is 0 Å². The van der Waals surface area contributed by atoms with E-state index >= 15 is 0 Å². The molecule has 3 rings (SSSR count). The lowest BCUT2D eigenvalue weighted by molar-refractivity contribution is -0.318. The first-order chi connectivity index (χ1) is 12.2. The van der Waals surface area contributed by atoms with Crippen molar-refractivity contribution >= 4 is 17.7 Å². The molecular weight excluding hydrogens is 377 g/mol. The Hall–Kier alpha value is -3.12. The minimum Gasteiger partial charge on any atom is -0.424 e. The van der Waals surface area contributed by atoms with Gasteiger partial charge >= 0.3 is 18.2 Å². The standard InChI is InChI=1S/C16H8ClF3N2O4/c17-10-3-6-12-13(7-10)26-16(25-12,15(18,19)20)22-14(23)24-11-4-1-9(8-21)2-5-11/h1-7H,(H,22,23)/t16-/m1/s1. The second-order valence-corrected chi connectivity index (χ2v) is 5.50. The van der Waals surface area contributed by atoms with Crippen LogP contribution in [0.5, 0.6) is 17.2 Å². The molecule has 6 nitrogen and oxygen atoms in total. The van der Waals surface area contributed by atoms with Gasteiger partial charge in [-0.25, -0.2) is 10.1 Å². The lowest BCUT2D eigenvalue weighted by Crippen LogP contribution is -2.65. The molecule has 0 radical (unpaired) electrons. The van der Waals surface area contributed by atoms with Gasteiger partial charge in [-0.3, -0.25) is 0 Å². The van der Waals surface area contributed by atoms with Crippen LogP contribution < -0.4 is 19.5 Å². The van der Waals surface area contributed by atoms with Gasteiger partial charge in [-0.15, -0.1) is 0 Å². The van der Waals surface area contributed by atoms with Crippen molar-refractivity contribution in [1.82, 2.24) is 5.32 Å². The summed E-state index contributed by atoms with van der Waals surface area (Å²) in [6.45, 7) is 0. The van der Waals surface area contributed by atoms with Crippen LogP contribution in [0.15, 0.2) is 42.5 Å². The molecular formula is C16H8ClF3N2O4. The lowest BCUT2D eigenvalue weighted by Gasteiger charge is -2.29. The summed E-state index contributed by atoms with van der Waals surface area (Å²) in [6.07, 6.45) is -6.59. The van der Waals surface area contributed by atoms with Gasteiger partial charge in [0.05, 0.1) is 11.6 Å². The number of halogens is 4. The molecule has 0 saturated heterocycles. The summed E-state index contributed by atoms with van der Waals surface area (Å²) in [4.78, 5) is 11.9. The average Bonchev–Trinajstić information content (AvgIpc) is 2.93. The fourth-order valence-corrected chi connectivity index (χ4v) is 2.24. The number of nitrogens with zero attached hydrogens (tertiary/aromatic N) is 1. The highest BCUT2D eigenvalue weighted by Gasteiger charge is 2.66. The maximum Gasteiger partial charge on any atom is 0.492 e. The molecule has 0 spiro atoms. The maximum absolute atomic E-state index is 13.5. The molecule has 0 aliphatic carbocycles. The van der Waals surface area contributed by atoms with E-state index in [4.69, 9.17) is 31.1 Å². The van der Waals surface area contributed by atoms with Gasteiger partial charge in [-0.1, -0.05) is 11.6 Å². The van der Waals surface area contributed by atoms with Crippen molar-refractivity contribution in [2.24, 2.45) is 0 Å². The van der Waals surface area contributed by atoms with Crippen LogP contribution >= 0.6 is 11.6 Å². The number of carbonyl (C=O) groups is 1. The van der Waals surface area contributed by atoms with Gasteiger partial charge in [0.1, 0.15) is 5.75 Å². The Balaban J connectivity index is 1.80. The molecule has 0 fully saturated rings. The van der Waals surface area contributed by atoms with Crippen LogP contribution in [0, 0.1) is 11.3 Å². The number of nitrogens with one attached hydrogen (secondary N) is 1. The molecule has 2 aromatic carbocycles. The molecule has 134 valence electrons. The molecule has 0 bridgehead atoms. The van der Waals surface area contributed by atoms with E-state index in [1.807, 2.05) is 6.07 Å². The van der Waals surface area contributed by atoms with Gasteiger partial charge in [-0.2, -0.15) is 18.4 Å². The minimum atomic E-state index is -5.12. The highest BCUT2D eigenvalue weighted by atomic mass is 35.5. The SMILES string of the molecule is N#Cc1ccc(OC(=O)N[C@]2(C(F)(F)F)Oc3ccc(Cl)cc3O2)cc1. The van der Waals surface area contributed by atoms with Crippen LogP contribution in [-0.2, 0) is 0 Å². The Labute approximate surface area is 149 Å². The molecule has 1 atom stereocenters. The van der Waals surface area contributed by atoms with E-state index in [-0.39, 0.29) is 22.3 Å². The largest absolute Gasteiger partial charge is 0.492 e. The zero-order chi connectivity index (χ0) is 18.9. The normalized spacial score (nSPS) is 18.1. The first-order valence-electron chi connectivity index (χ1n) is 6.97. The van der Waals surface area contributed by atoms with Gasteiger partial charge in [0, 0.05) is 11.1 Å². The van der Waals surface area contributed by atoms with E-state index in [0.717, 1.165) is 6.07 Å². The number of hydrogen-bond acceptors (Lipinski definition) is 5. The molecule has 1 aliphatic rings. The van der Waals surface area contributed by atoms with Crippen molar-refractivity contribution in [3.8, 4) is 23.3 Å². The summed E-state index contributed by atoms with van der Waals surface area (Å²) in [5.41, 5.74) is 0.291. The van der Waals surface area contributed by atoms with Crippen LogP contribution in [0.3, 0.4) is 0 Å². The summed E-state index contributed by atoms with van der Waals surface area (Å²) in [7, 11) is 0. The monoisotopic (exact) mass is 384 g/mol. The summed E-state index contributed by atoms with van der Waals surface area (Å²) in [5, 5.41) is 10.4. The smallest absolute Gasteiger partial charge is 0.424 e. The summed E-state index contributed by atoms with van der Waals surface area (Å²) < 4.78 is 54.8. The van der Waals surface area contributed by atoms with Crippen LogP contribution in [0.1, 0.15) is 5.56 Å². The Morgan fingerprint density at radius 3 is 2.42 bits per heavy atom. The number of benzene rings is 2. The Morgan fingerprint density at radius 2 is 1.81 bits per heavy atom. The van der Waals surface area contributed by atoms with Gasteiger partial charge < -0.3 is 14.2 Å². The summed E-state index contributed by atoms with van der Waals surface area (Å²) in [5.74, 6) is -4.06. The number of hydrogen-bond donors (Lipinski definition) is 1. The van der Waals surface area contributed by atoms with Gasteiger partial charge in [-0.05, 0) is 36.4 Å². The number of carbonyl (C=O) groups excluding carboxylic acids is 1. The third-order valence-electron chi connectivity index (χ3n) is 3.25. The predicted octanol–water partition coefficient (Wildman–Crippen LogP) is 3.99. The molecule has 0 unspecified atom stereocenters. The molecule has 0 aromatic heterocycles. The molecule has 26 heavy (non-hydrogen) atoms. The lowest BCUT2D eigenvalue weighted by atomic mass is 10.2. The zero-order valence-corrected chi connectivity index (χ0v) is 13.4. The molecule has 2 aromatic rings. The first kappa shape index (κ1) is 17.7. The highest BCUT2D eigenvalue weighted by molar-refractivity contribution is 6.30. The fourth-order valence-electron chi connectivity index (χ4n) is 2.08. The topological polar surface area (TPSA) is 80.6 Å². The summed E-state index contributed by atoms with van der Waals surface area (Å²) >= 11 is 5.72. The van der Waals surface area contributed by atoms with E-state index in [1.165, 1.54) is 41.7 Å². The van der Waals surface area contributed by atoms with Crippen LogP contribution in [-0.4, -0.2) is 18.2 Å². The molecule has 0 saturated carbocycles. The van der Waals surface area contributed by atoms with Gasteiger partial charge in [0.25, 0.3) is 0 Å². The first-order valence-corrected chi connectivity index (χ1v) is 7.35. The number of amides is 1. The van der Waals surface area contributed by atoms with E-state index in [0.29, 0.717) is 5.56 Å². The van der Waals surface area contributed by atoms with E-state index in [1.54, 1.807) is 0 Å². The number of fused-ring (bicyclic) bond motifs is 1. The quantitative estimate of drug-likeness (QED) is 0.846. The number of alkyl halides is 3. The predicted molar refractivity (Wildman–Crippen MR) is 81.8 cm³/mol. The second kappa shape index (κ2) is 6.31. The molecule has 1 heterocycles. The minimum absolute atomic E-state index is 0.0719. The Kier molecular flexibility index (Phi) is 4.29. The van der Waals surface area contributed by atoms with E-state index < -0.39 is 18.2 Å². The third kappa shape index (κ3) is 3.32. The van der Waals surface area contributed by atoms with Crippen molar-refractivity contribution in [2.75, 3.05) is 0 Å². The van der Waals surface area contributed by atoms with Crippen LogP contribution in [0.4, 0.5) is 18.0 Å². The highest BCUT2D eigenvalue weighted by Crippen LogP contribution is 2.46. The fraction of sp³-hybridized carbons (Fsp3) is 0.125. The average molecular weight is 385 g/mol. The van der Waals surface area contributed by atoms with Gasteiger partial charge in [0.15, 0.2) is 11.5 Å². The van der Waals surface area contributed by atoms with Crippen LogP contribution in [0.2, 0.25) is 5.02 Å². The second-order valence-electron chi connectivity index (χ2n) is 5.06. The molecule has 1 N–H and O–H groups in total. The zero-order valence-electron chi connectivity index (χ0n) is 12.6. The van der Waals surface area contributed by atoms with Crippen molar-refractivity contribution < 1.29 is 32.2 Å². The van der Waals surface area contributed by atoms with Gasteiger partial charge in [0.2, 0.25) is 0 Å². The Morgan fingerprint density at radius 1 is 1.15 bits per heavy atom. The maximum atomic E-state index is 13.5. The van der Waals surface area contributed by atoms with E-state index in [9.17, 15) is 18.0 Å². The third-order valence-corrected chi connectivity index (χ3v) is 3.48. The molecule has 1 amide bonds. The summed E-state index contributed by atoms with van der Waals surface area (Å²) in [6, 6.07) is 10.6. The van der Waals surface area contributed by atoms with Crippen molar-refractivity contribution in [2.45, 2.75) is 12.1 Å². The van der Waals surface area contributed by atoms with Crippen LogP contribution in [0.25, 0.3) is 0 Å². The van der Waals surface area contributed by atoms with Crippen molar-refractivity contribution in [1.29, 1.82) is 5.26 Å². The number of ether oxygens (including phenoxy) is 3. The number of rotatable bonds is 2. The molecule has 10 heteroatoms. The Bertz CT molecular complexity index is 896.